The molecule has 0 atom stereocenters. The number of halogens is 2. The van der Waals surface area contributed by atoms with Crippen LogP contribution in [0.5, 0.6) is 5.88 Å². The topological polar surface area (TPSA) is 35.0 Å². The Balaban J connectivity index is 2.93. The van der Waals surface area contributed by atoms with Gasteiger partial charge in [0.1, 0.15) is 0 Å². The first-order valence-corrected chi connectivity index (χ1v) is 4.92. The third-order valence-electron chi connectivity index (χ3n) is 0.964. The fraction of sp³-hybridized carbons (Fsp3) is 0.333. The molecular formula is C6H6BrIN2O. The summed E-state index contributed by atoms with van der Waals surface area (Å²) in [7, 11) is 0. The van der Waals surface area contributed by atoms with Crippen molar-refractivity contribution in [3.63, 3.8) is 0 Å². The molecule has 60 valence electrons. The van der Waals surface area contributed by atoms with E-state index in [1.165, 1.54) is 0 Å². The first kappa shape index (κ1) is 9.18. The normalized spacial score (nSPS) is 9.73. The molecule has 0 radical (unpaired) electrons. The highest BCUT2D eigenvalue weighted by Gasteiger charge is 2.02. The van der Waals surface area contributed by atoms with Gasteiger partial charge >= 0.3 is 0 Å². The van der Waals surface area contributed by atoms with Crippen molar-refractivity contribution in [3.8, 4) is 5.88 Å². The van der Waals surface area contributed by atoms with Gasteiger partial charge in [-0.25, -0.2) is 4.98 Å². The Labute approximate surface area is 86.8 Å². The zero-order chi connectivity index (χ0) is 8.27. The Hall–Kier alpha value is 0.0900. The summed E-state index contributed by atoms with van der Waals surface area (Å²) in [5, 5.41) is 0. The molecule has 1 aromatic rings. The lowest BCUT2D eigenvalue weighted by molar-refractivity contribution is 0.323. The highest BCUT2D eigenvalue weighted by molar-refractivity contribution is 14.1. The number of ether oxygens (including phenoxy) is 1. The number of hydrogen-bond acceptors (Lipinski definition) is 3. The fourth-order valence-electron chi connectivity index (χ4n) is 0.569. The van der Waals surface area contributed by atoms with E-state index in [2.05, 4.69) is 25.9 Å². The van der Waals surface area contributed by atoms with Crippen molar-refractivity contribution >= 4 is 38.5 Å². The van der Waals surface area contributed by atoms with Crippen LogP contribution in [0.4, 0.5) is 0 Å². The van der Waals surface area contributed by atoms with Gasteiger partial charge in [0.2, 0.25) is 5.88 Å². The third-order valence-corrected chi connectivity index (χ3v) is 2.03. The minimum atomic E-state index is 0.604. The molecule has 0 aliphatic carbocycles. The molecule has 0 saturated carbocycles. The van der Waals surface area contributed by atoms with Crippen LogP contribution < -0.4 is 4.74 Å². The smallest absolute Gasteiger partial charge is 0.232 e. The molecular weight excluding hydrogens is 323 g/mol. The van der Waals surface area contributed by atoms with E-state index in [-0.39, 0.29) is 0 Å². The molecule has 1 aromatic heterocycles. The van der Waals surface area contributed by atoms with Gasteiger partial charge in [-0.3, -0.25) is 0 Å². The van der Waals surface area contributed by atoms with Crippen LogP contribution in [0, 0.1) is 3.83 Å². The summed E-state index contributed by atoms with van der Waals surface area (Å²) in [6.45, 7) is 2.53. The lowest BCUT2D eigenvalue weighted by atomic mass is 10.6. The summed E-state index contributed by atoms with van der Waals surface area (Å²) < 4.78 is 6.70. The maximum Gasteiger partial charge on any atom is 0.232 e. The van der Waals surface area contributed by atoms with Gasteiger partial charge in [-0.2, -0.15) is 4.98 Å². The SMILES string of the molecule is CCOc1nc(I)ncc1Br. The van der Waals surface area contributed by atoms with Crippen molar-refractivity contribution in [2.24, 2.45) is 0 Å². The molecule has 11 heavy (non-hydrogen) atoms. The highest BCUT2D eigenvalue weighted by atomic mass is 127. The standard InChI is InChI=1S/C6H6BrIN2O/c1-2-11-5-4(7)3-9-6(8)10-5/h3H,2H2,1H3. The van der Waals surface area contributed by atoms with Gasteiger partial charge < -0.3 is 4.74 Å². The zero-order valence-corrected chi connectivity index (χ0v) is 9.59. The molecule has 0 N–H and O–H groups in total. The molecule has 0 spiro atoms. The molecule has 0 fully saturated rings. The molecule has 0 aromatic carbocycles. The molecule has 0 bridgehead atoms. The molecule has 0 saturated heterocycles. The van der Waals surface area contributed by atoms with Crippen LogP contribution in [0.3, 0.4) is 0 Å². The maximum absolute atomic E-state index is 5.21. The lowest BCUT2D eigenvalue weighted by Crippen LogP contribution is -1.97. The van der Waals surface area contributed by atoms with Gasteiger partial charge in [0.25, 0.3) is 0 Å². The Morgan fingerprint density at radius 2 is 2.45 bits per heavy atom. The maximum atomic E-state index is 5.21. The first-order chi connectivity index (χ1) is 5.24. The van der Waals surface area contributed by atoms with Crippen LogP contribution in [-0.2, 0) is 0 Å². The van der Waals surface area contributed by atoms with E-state index in [4.69, 9.17) is 4.74 Å². The minimum absolute atomic E-state index is 0.604. The third kappa shape index (κ3) is 2.55. The van der Waals surface area contributed by atoms with E-state index in [1.54, 1.807) is 6.20 Å². The average Bonchev–Trinajstić information content (AvgIpc) is 1.98. The summed E-state index contributed by atoms with van der Waals surface area (Å²) in [4.78, 5) is 8.04. The van der Waals surface area contributed by atoms with Crippen LogP contribution in [0.1, 0.15) is 6.92 Å². The van der Waals surface area contributed by atoms with Crippen molar-refractivity contribution in [2.45, 2.75) is 6.92 Å². The van der Waals surface area contributed by atoms with Gasteiger partial charge in [0.05, 0.1) is 11.1 Å². The predicted molar refractivity (Wildman–Crippen MR) is 53.6 cm³/mol. The molecule has 1 heterocycles. The van der Waals surface area contributed by atoms with Gasteiger partial charge in [-0.05, 0) is 22.9 Å². The quantitative estimate of drug-likeness (QED) is 0.617. The van der Waals surface area contributed by atoms with Gasteiger partial charge in [-0.1, -0.05) is 0 Å². The number of aromatic nitrogens is 2. The summed E-state index contributed by atoms with van der Waals surface area (Å²) >= 11 is 5.32. The first-order valence-electron chi connectivity index (χ1n) is 3.05. The predicted octanol–water partition coefficient (Wildman–Crippen LogP) is 2.24. The van der Waals surface area contributed by atoms with E-state index in [0.717, 1.165) is 4.47 Å². The Bertz CT molecular complexity index is 256. The fourth-order valence-corrected chi connectivity index (χ4v) is 1.23. The van der Waals surface area contributed by atoms with Crippen molar-refractivity contribution in [3.05, 3.63) is 14.5 Å². The van der Waals surface area contributed by atoms with Crippen LogP contribution in [0.15, 0.2) is 10.7 Å². The van der Waals surface area contributed by atoms with Crippen LogP contribution in [-0.4, -0.2) is 16.6 Å². The molecule has 0 unspecified atom stereocenters. The van der Waals surface area contributed by atoms with E-state index in [0.29, 0.717) is 16.3 Å². The van der Waals surface area contributed by atoms with E-state index < -0.39 is 0 Å². The second-order valence-electron chi connectivity index (χ2n) is 1.73. The van der Waals surface area contributed by atoms with Crippen LogP contribution >= 0.6 is 38.5 Å². The largest absolute Gasteiger partial charge is 0.477 e. The van der Waals surface area contributed by atoms with E-state index in [9.17, 15) is 0 Å². The average molecular weight is 329 g/mol. The monoisotopic (exact) mass is 328 g/mol. The molecule has 5 heteroatoms. The highest BCUT2D eigenvalue weighted by Crippen LogP contribution is 2.21. The van der Waals surface area contributed by atoms with Crippen molar-refractivity contribution in [1.82, 2.24) is 9.97 Å². The number of nitrogens with zero attached hydrogens (tertiary/aromatic N) is 2. The van der Waals surface area contributed by atoms with Gasteiger partial charge in [0.15, 0.2) is 3.83 Å². The molecule has 0 aliphatic rings. The summed E-state index contributed by atoms with van der Waals surface area (Å²) in [5.41, 5.74) is 0. The molecule has 1 rings (SSSR count). The number of hydrogen-bond donors (Lipinski definition) is 0. The zero-order valence-electron chi connectivity index (χ0n) is 5.84. The number of rotatable bonds is 2. The summed E-state index contributed by atoms with van der Waals surface area (Å²) in [5.74, 6) is 0.604. The van der Waals surface area contributed by atoms with Crippen molar-refractivity contribution in [2.75, 3.05) is 6.61 Å². The Morgan fingerprint density at radius 1 is 1.73 bits per heavy atom. The molecule has 0 aliphatic heterocycles. The second kappa shape index (κ2) is 4.20. The summed E-state index contributed by atoms with van der Waals surface area (Å²) in [6, 6.07) is 0. The minimum Gasteiger partial charge on any atom is -0.477 e. The summed E-state index contributed by atoms with van der Waals surface area (Å²) in [6.07, 6.45) is 1.68. The molecule has 3 nitrogen and oxygen atoms in total. The Kier molecular flexibility index (Phi) is 3.50. The van der Waals surface area contributed by atoms with Crippen LogP contribution in [0.2, 0.25) is 0 Å². The van der Waals surface area contributed by atoms with Gasteiger partial charge in [-0.15, -0.1) is 0 Å². The second-order valence-corrected chi connectivity index (χ2v) is 3.54. The van der Waals surface area contributed by atoms with Crippen molar-refractivity contribution in [1.29, 1.82) is 0 Å². The van der Waals surface area contributed by atoms with E-state index >= 15 is 0 Å². The van der Waals surface area contributed by atoms with Crippen LogP contribution in [0.25, 0.3) is 0 Å². The molecule has 0 amide bonds. The van der Waals surface area contributed by atoms with E-state index in [1.807, 2.05) is 29.5 Å². The Morgan fingerprint density at radius 3 is 3.09 bits per heavy atom. The van der Waals surface area contributed by atoms with Crippen molar-refractivity contribution < 1.29 is 4.74 Å². The lowest BCUT2D eigenvalue weighted by Gasteiger charge is -2.02. The van der Waals surface area contributed by atoms with Gasteiger partial charge in [0, 0.05) is 28.8 Å².